The Labute approximate surface area is 165 Å². The molecule has 1 fully saturated rings. The van der Waals surface area contributed by atoms with Crippen molar-refractivity contribution in [3.05, 3.63) is 53.6 Å². The quantitative estimate of drug-likeness (QED) is 0.688. The third-order valence-corrected chi connectivity index (χ3v) is 4.92. The molecular formula is C22H26N2O4. The predicted molar refractivity (Wildman–Crippen MR) is 108 cm³/mol. The van der Waals surface area contributed by atoms with E-state index in [9.17, 15) is 9.59 Å². The third kappa shape index (κ3) is 4.82. The first-order valence-corrected chi connectivity index (χ1v) is 9.41. The molecule has 0 spiro atoms. The number of anilines is 1. The van der Waals surface area contributed by atoms with Crippen molar-refractivity contribution in [2.75, 3.05) is 25.6 Å². The van der Waals surface area contributed by atoms with Gasteiger partial charge in [0.1, 0.15) is 18.1 Å². The number of para-hydroxylation sites is 1. The maximum atomic E-state index is 12.4. The molecule has 0 aliphatic heterocycles. The fourth-order valence-corrected chi connectivity index (χ4v) is 3.15. The number of nitrogens with one attached hydrogen (secondary N) is 2. The molecule has 2 aromatic rings. The van der Waals surface area contributed by atoms with E-state index >= 15 is 0 Å². The molecular weight excluding hydrogens is 356 g/mol. The normalized spacial score (nSPS) is 17.5. The molecule has 2 amide bonds. The third-order valence-electron chi connectivity index (χ3n) is 4.92. The highest BCUT2D eigenvalue weighted by molar-refractivity contribution is 6.00. The van der Waals surface area contributed by atoms with Crippen LogP contribution in [0.1, 0.15) is 17.5 Å². The molecule has 0 bridgehead atoms. The van der Waals surface area contributed by atoms with Gasteiger partial charge < -0.3 is 20.1 Å². The van der Waals surface area contributed by atoms with Crippen molar-refractivity contribution in [3.63, 3.8) is 0 Å². The van der Waals surface area contributed by atoms with Crippen LogP contribution >= 0.6 is 0 Å². The zero-order valence-electron chi connectivity index (χ0n) is 16.5. The topological polar surface area (TPSA) is 76.7 Å². The Bertz CT molecular complexity index is 828. The summed E-state index contributed by atoms with van der Waals surface area (Å²) >= 11 is 0. The molecule has 148 valence electrons. The van der Waals surface area contributed by atoms with Crippen molar-refractivity contribution in [2.45, 2.75) is 20.3 Å². The van der Waals surface area contributed by atoms with Gasteiger partial charge in [-0.2, -0.15) is 0 Å². The van der Waals surface area contributed by atoms with Crippen molar-refractivity contribution in [2.24, 2.45) is 11.8 Å². The van der Waals surface area contributed by atoms with Gasteiger partial charge in [-0.05, 0) is 55.7 Å². The molecule has 0 heterocycles. The average Bonchev–Trinajstić information content (AvgIpc) is 3.49. The Morgan fingerprint density at radius 3 is 2.21 bits per heavy atom. The second-order valence-electron chi connectivity index (χ2n) is 7.02. The maximum Gasteiger partial charge on any atom is 0.228 e. The zero-order valence-corrected chi connectivity index (χ0v) is 16.5. The van der Waals surface area contributed by atoms with Gasteiger partial charge in [0, 0.05) is 5.69 Å². The standard InChI is InChI=1S/C22H26N2O4/c1-14-5-4-6-15(2)20(14)24-22(26)19-13-18(19)21(25)23-11-12-28-17-9-7-16(27-3)8-10-17/h4-10,18-19H,11-13H2,1-3H3,(H,23,25)(H,24,26). The summed E-state index contributed by atoms with van der Waals surface area (Å²) in [5.41, 5.74) is 2.88. The number of methoxy groups -OCH3 is 1. The smallest absolute Gasteiger partial charge is 0.228 e. The van der Waals surface area contributed by atoms with E-state index in [1.165, 1.54) is 0 Å². The van der Waals surface area contributed by atoms with Crippen molar-refractivity contribution in [1.82, 2.24) is 5.32 Å². The van der Waals surface area contributed by atoms with Gasteiger partial charge in [0.25, 0.3) is 0 Å². The number of ether oxygens (including phenoxy) is 2. The summed E-state index contributed by atoms with van der Waals surface area (Å²) in [6, 6.07) is 13.1. The van der Waals surface area contributed by atoms with E-state index in [4.69, 9.17) is 9.47 Å². The molecule has 2 N–H and O–H groups in total. The summed E-state index contributed by atoms with van der Waals surface area (Å²) < 4.78 is 10.7. The largest absolute Gasteiger partial charge is 0.497 e. The molecule has 0 saturated heterocycles. The molecule has 2 aromatic carbocycles. The Kier molecular flexibility index (Phi) is 6.19. The van der Waals surface area contributed by atoms with Gasteiger partial charge in [0.2, 0.25) is 11.8 Å². The second kappa shape index (κ2) is 8.78. The molecule has 6 nitrogen and oxygen atoms in total. The molecule has 0 radical (unpaired) electrons. The Morgan fingerprint density at radius 2 is 1.57 bits per heavy atom. The number of rotatable bonds is 8. The minimum Gasteiger partial charge on any atom is -0.497 e. The number of carbonyl (C=O) groups excluding carboxylic acids is 2. The summed E-state index contributed by atoms with van der Waals surface area (Å²) in [6.07, 6.45) is 0.585. The van der Waals surface area contributed by atoms with E-state index in [-0.39, 0.29) is 23.7 Å². The Morgan fingerprint density at radius 1 is 0.964 bits per heavy atom. The molecule has 1 aliphatic carbocycles. The number of hydrogen-bond donors (Lipinski definition) is 2. The van der Waals surface area contributed by atoms with E-state index in [2.05, 4.69) is 10.6 Å². The van der Waals surface area contributed by atoms with Crippen LogP contribution in [0, 0.1) is 25.7 Å². The summed E-state index contributed by atoms with van der Waals surface area (Å²) in [4.78, 5) is 24.7. The van der Waals surface area contributed by atoms with E-state index in [1.54, 1.807) is 7.11 Å². The van der Waals surface area contributed by atoms with Crippen molar-refractivity contribution in [1.29, 1.82) is 0 Å². The lowest BCUT2D eigenvalue weighted by atomic mass is 10.1. The van der Waals surface area contributed by atoms with Crippen LogP contribution in [-0.4, -0.2) is 32.1 Å². The molecule has 3 rings (SSSR count). The van der Waals surface area contributed by atoms with Gasteiger partial charge in [-0.25, -0.2) is 0 Å². The van der Waals surface area contributed by atoms with E-state index < -0.39 is 0 Å². The van der Waals surface area contributed by atoms with Crippen LogP contribution in [0.4, 0.5) is 5.69 Å². The lowest BCUT2D eigenvalue weighted by molar-refractivity contribution is -0.125. The van der Waals surface area contributed by atoms with Crippen LogP contribution in [0.25, 0.3) is 0 Å². The zero-order chi connectivity index (χ0) is 20.1. The van der Waals surface area contributed by atoms with Gasteiger partial charge >= 0.3 is 0 Å². The number of amides is 2. The molecule has 2 atom stereocenters. The van der Waals surface area contributed by atoms with Crippen LogP contribution in [0.5, 0.6) is 11.5 Å². The fraction of sp³-hybridized carbons (Fsp3) is 0.364. The number of hydrogen-bond acceptors (Lipinski definition) is 4. The fourth-order valence-electron chi connectivity index (χ4n) is 3.15. The Hall–Kier alpha value is -3.02. The minimum atomic E-state index is -0.262. The first-order chi connectivity index (χ1) is 13.5. The number of carbonyl (C=O) groups is 2. The van der Waals surface area contributed by atoms with Crippen molar-refractivity contribution < 1.29 is 19.1 Å². The van der Waals surface area contributed by atoms with E-state index in [0.717, 1.165) is 22.6 Å². The molecule has 2 unspecified atom stereocenters. The van der Waals surface area contributed by atoms with Crippen molar-refractivity contribution >= 4 is 17.5 Å². The minimum absolute atomic E-state index is 0.0907. The van der Waals surface area contributed by atoms with Crippen molar-refractivity contribution in [3.8, 4) is 11.5 Å². The lowest BCUT2D eigenvalue weighted by Gasteiger charge is -2.11. The van der Waals surface area contributed by atoms with Gasteiger partial charge in [-0.3, -0.25) is 9.59 Å². The number of benzene rings is 2. The summed E-state index contributed by atoms with van der Waals surface area (Å²) in [5.74, 6) is 0.769. The van der Waals surface area contributed by atoms with Crippen LogP contribution in [0.2, 0.25) is 0 Å². The summed E-state index contributed by atoms with van der Waals surface area (Å²) in [6.45, 7) is 4.68. The summed E-state index contributed by atoms with van der Waals surface area (Å²) in [5, 5.41) is 5.81. The van der Waals surface area contributed by atoms with Crippen LogP contribution in [-0.2, 0) is 9.59 Å². The van der Waals surface area contributed by atoms with Gasteiger partial charge in [-0.15, -0.1) is 0 Å². The van der Waals surface area contributed by atoms with Gasteiger partial charge in [0.05, 0.1) is 25.5 Å². The predicted octanol–water partition coefficient (Wildman–Crippen LogP) is 3.08. The maximum absolute atomic E-state index is 12.4. The lowest BCUT2D eigenvalue weighted by Crippen LogP contribution is -2.31. The first-order valence-electron chi connectivity index (χ1n) is 9.41. The van der Waals surface area contributed by atoms with Gasteiger partial charge in [-0.1, -0.05) is 18.2 Å². The van der Waals surface area contributed by atoms with E-state index in [1.807, 2.05) is 56.3 Å². The summed E-state index contributed by atoms with van der Waals surface area (Å²) in [7, 11) is 1.61. The highest BCUT2D eigenvalue weighted by Gasteiger charge is 2.48. The number of aryl methyl sites for hydroxylation is 2. The molecule has 0 aromatic heterocycles. The van der Waals surface area contributed by atoms with E-state index in [0.29, 0.717) is 25.3 Å². The average molecular weight is 382 g/mol. The molecule has 1 aliphatic rings. The Balaban J connectivity index is 1.39. The highest BCUT2D eigenvalue weighted by Crippen LogP contribution is 2.39. The molecule has 1 saturated carbocycles. The second-order valence-corrected chi connectivity index (χ2v) is 7.02. The molecule has 28 heavy (non-hydrogen) atoms. The van der Waals surface area contributed by atoms with Crippen LogP contribution in [0.15, 0.2) is 42.5 Å². The highest BCUT2D eigenvalue weighted by atomic mass is 16.5. The molecule has 6 heteroatoms. The first kappa shape index (κ1) is 19.7. The SMILES string of the molecule is COc1ccc(OCCNC(=O)C2CC2C(=O)Nc2c(C)cccc2C)cc1. The van der Waals surface area contributed by atoms with Crippen LogP contribution < -0.4 is 20.1 Å². The van der Waals surface area contributed by atoms with Crippen LogP contribution in [0.3, 0.4) is 0 Å². The van der Waals surface area contributed by atoms with Gasteiger partial charge in [0.15, 0.2) is 0 Å². The monoisotopic (exact) mass is 382 g/mol.